The van der Waals surface area contributed by atoms with Gasteiger partial charge in [0.1, 0.15) is 18.1 Å². The molecule has 0 saturated heterocycles. The molecular weight excluding hydrogens is 482 g/mol. The van der Waals surface area contributed by atoms with E-state index in [2.05, 4.69) is 20.9 Å². The second kappa shape index (κ2) is 13.4. The molecule has 202 valence electrons. The number of nitrogens with two attached hydrogens (primary N) is 1. The summed E-state index contributed by atoms with van der Waals surface area (Å²) in [6, 6.07) is 2.90. The van der Waals surface area contributed by atoms with E-state index >= 15 is 0 Å². The summed E-state index contributed by atoms with van der Waals surface area (Å²) in [6.45, 7) is 4.88. The van der Waals surface area contributed by atoms with Gasteiger partial charge < -0.3 is 36.9 Å². The van der Waals surface area contributed by atoms with Gasteiger partial charge in [-0.3, -0.25) is 24.0 Å². The van der Waals surface area contributed by atoms with E-state index < -0.39 is 53.8 Å². The number of aromatic nitrogens is 1. The predicted molar refractivity (Wildman–Crippen MR) is 135 cm³/mol. The summed E-state index contributed by atoms with van der Waals surface area (Å²) in [5.74, 6) is -4.69. The molecule has 0 aliphatic heterocycles. The smallest absolute Gasteiger partial charge is 0.325 e. The molecule has 0 aliphatic carbocycles. The van der Waals surface area contributed by atoms with Crippen molar-refractivity contribution in [3.8, 4) is 0 Å². The van der Waals surface area contributed by atoms with Crippen LogP contribution in [0.5, 0.6) is 0 Å². The Morgan fingerprint density at radius 3 is 2.27 bits per heavy atom. The lowest BCUT2D eigenvalue weighted by Gasteiger charge is -2.27. The lowest BCUT2D eigenvalue weighted by atomic mass is 9.96. The molecular formula is C25H35N5O7. The topological polar surface area (TPSA) is 204 Å². The summed E-state index contributed by atoms with van der Waals surface area (Å²) >= 11 is 0. The van der Waals surface area contributed by atoms with E-state index in [0.717, 1.165) is 16.5 Å². The fourth-order valence-corrected chi connectivity index (χ4v) is 3.74. The minimum absolute atomic E-state index is 0.0631. The highest BCUT2D eigenvalue weighted by Gasteiger charge is 2.32. The van der Waals surface area contributed by atoms with E-state index in [1.807, 2.05) is 31.2 Å². The number of carbonyl (C=O) groups is 5. The Labute approximate surface area is 214 Å². The Hall–Kier alpha value is -3.93. The van der Waals surface area contributed by atoms with Crippen LogP contribution in [0.4, 0.5) is 0 Å². The van der Waals surface area contributed by atoms with Crippen LogP contribution in [0.3, 0.4) is 0 Å². The van der Waals surface area contributed by atoms with Crippen molar-refractivity contribution < 1.29 is 34.2 Å². The first-order valence-corrected chi connectivity index (χ1v) is 12.1. The molecule has 1 heterocycles. The highest BCUT2D eigenvalue weighted by atomic mass is 16.4. The molecule has 3 amide bonds. The number of carboxylic acids is 2. The molecule has 0 aliphatic rings. The van der Waals surface area contributed by atoms with Crippen molar-refractivity contribution in [2.75, 3.05) is 0 Å². The van der Waals surface area contributed by atoms with Gasteiger partial charge in [0, 0.05) is 29.9 Å². The van der Waals surface area contributed by atoms with Crippen LogP contribution in [0.2, 0.25) is 0 Å². The monoisotopic (exact) mass is 517 g/mol. The van der Waals surface area contributed by atoms with Gasteiger partial charge in [0.15, 0.2) is 0 Å². The Morgan fingerprint density at radius 1 is 0.973 bits per heavy atom. The molecule has 0 fully saturated rings. The number of benzene rings is 1. The maximum atomic E-state index is 13.4. The summed E-state index contributed by atoms with van der Waals surface area (Å²) in [4.78, 5) is 64.1. The average Bonchev–Trinajstić information content (AvgIpc) is 3.27. The fraction of sp³-hybridized carbons (Fsp3) is 0.480. The molecule has 0 bridgehead atoms. The molecule has 1 aromatic heterocycles. The summed E-state index contributed by atoms with van der Waals surface area (Å²) < 4.78 is 0. The number of aliphatic carboxylic acids is 2. The third-order valence-electron chi connectivity index (χ3n) is 6.26. The van der Waals surface area contributed by atoms with Crippen LogP contribution < -0.4 is 21.7 Å². The van der Waals surface area contributed by atoms with Crippen LogP contribution in [0.25, 0.3) is 10.9 Å². The van der Waals surface area contributed by atoms with E-state index in [1.54, 1.807) is 13.1 Å². The Bertz CT molecular complexity index is 1130. The second-order valence-electron chi connectivity index (χ2n) is 9.10. The van der Waals surface area contributed by atoms with Gasteiger partial charge >= 0.3 is 11.9 Å². The number of amides is 3. The first-order valence-electron chi connectivity index (χ1n) is 12.1. The van der Waals surface area contributed by atoms with Crippen molar-refractivity contribution in [3.05, 3.63) is 36.0 Å². The van der Waals surface area contributed by atoms with Gasteiger partial charge in [0.05, 0.1) is 6.04 Å². The zero-order valence-electron chi connectivity index (χ0n) is 21.1. The SMILES string of the molecule is CCC(C)C(NC(=O)C(Cc1c[nH]c2ccccc12)NC(=O)C(N)CCC(=O)O)C(=O)NC(C)C(=O)O. The summed E-state index contributed by atoms with van der Waals surface area (Å²) in [5.41, 5.74) is 7.42. The van der Waals surface area contributed by atoms with E-state index in [-0.39, 0.29) is 25.2 Å². The third-order valence-corrected chi connectivity index (χ3v) is 6.26. The van der Waals surface area contributed by atoms with Crippen LogP contribution in [0, 0.1) is 5.92 Å². The van der Waals surface area contributed by atoms with Crippen molar-refractivity contribution in [2.45, 2.75) is 70.6 Å². The molecule has 8 N–H and O–H groups in total. The van der Waals surface area contributed by atoms with Crippen LogP contribution in [-0.2, 0) is 30.4 Å². The van der Waals surface area contributed by atoms with Gasteiger partial charge in [0.2, 0.25) is 17.7 Å². The van der Waals surface area contributed by atoms with Gasteiger partial charge in [-0.05, 0) is 30.9 Å². The maximum absolute atomic E-state index is 13.4. The van der Waals surface area contributed by atoms with Crippen molar-refractivity contribution >= 4 is 40.6 Å². The van der Waals surface area contributed by atoms with Crippen molar-refractivity contribution in [2.24, 2.45) is 11.7 Å². The molecule has 1 aromatic carbocycles. The zero-order chi connectivity index (χ0) is 27.7. The molecule has 12 heteroatoms. The fourth-order valence-electron chi connectivity index (χ4n) is 3.74. The van der Waals surface area contributed by atoms with Crippen LogP contribution in [-0.4, -0.2) is 69.0 Å². The minimum Gasteiger partial charge on any atom is -0.481 e. The first kappa shape index (κ1) is 29.3. The highest BCUT2D eigenvalue weighted by molar-refractivity contribution is 5.95. The number of nitrogens with one attached hydrogen (secondary N) is 4. The Balaban J connectivity index is 2.29. The van der Waals surface area contributed by atoms with Crippen LogP contribution >= 0.6 is 0 Å². The molecule has 37 heavy (non-hydrogen) atoms. The molecule has 0 saturated carbocycles. The van der Waals surface area contributed by atoms with Gasteiger partial charge in [-0.25, -0.2) is 0 Å². The van der Waals surface area contributed by atoms with E-state index in [1.165, 1.54) is 6.92 Å². The van der Waals surface area contributed by atoms with Crippen molar-refractivity contribution in [3.63, 3.8) is 0 Å². The largest absolute Gasteiger partial charge is 0.481 e. The number of aromatic amines is 1. The predicted octanol–water partition coefficient (Wildman–Crippen LogP) is 0.508. The Kier molecular flexibility index (Phi) is 10.6. The number of rotatable bonds is 14. The quantitative estimate of drug-likeness (QED) is 0.188. The number of para-hydroxylation sites is 1. The summed E-state index contributed by atoms with van der Waals surface area (Å²) in [7, 11) is 0. The lowest BCUT2D eigenvalue weighted by molar-refractivity contribution is -0.142. The number of carboxylic acid groups (broad SMARTS) is 2. The first-order chi connectivity index (χ1) is 17.4. The molecule has 2 aromatic rings. The number of carbonyl (C=O) groups excluding carboxylic acids is 3. The van der Waals surface area contributed by atoms with E-state index in [9.17, 15) is 24.0 Å². The number of H-pyrrole nitrogens is 1. The summed E-state index contributed by atoms with van der Waals surface area (Å²) in [5, 5.41) is 26.5. The Morgan fingerprint density at radius 2 is 1.65 bits per heavy atom. The van der Waals surface area contributed by atoms with Gasteiger partial charge in [-0.2, -0.15) is 0 Å². The second-order valence-corrected chi connectivity index (χ2v) is 9.10. The number of hydrogen-bond acceptors (Lipinski definition) is 6. The van der Waals surface area contributed by atoms with Crippen molar-refractivity contribution in [1.82, 2.24) is 20.9 Å². The molecule has 5 unspecified atom stereocenters. The number of fused-ring (bicyclic) bond motifs is 1. The highest BCUT2D eigenvalue weighted by Crippen LogP contribution is 2.19. The average molecular weight is 518 g/mol. The van der Waals surface area contributed by atoms with Crippen LogP contribution in [0.15, 0.2) is 30.5 Å². The van der Waals surface area contributed by atoms with Gasteiger partial charge in [-0.15, -0.1) is 0 Å². The zero-order valence-corrected chi connectivity index (χ0v) is 21.1. The van der Waals surface area contributed by atoms with E-state index in [0.29, 0.717) is 6.42 Å². The molecule has 0 spiro atoms. The lowest BCUT2D eigenvalue weighted by Crippen LogP contribution is -2.58. The number of hydrogen-bond donors (Lipinski definition) is 7. The van der Waals surface area contributed by atoms with Crippen molar-refractivity contribution in [1.29, 1.82) is 0 Å². The van der Waals surface area contributed by atoms with Crippen LogP contribution in [0.1, 0.15) is 45.6 Å². The van der Waals surface area contributed by atoms with Gasteiger partial charge in [-0.1, -0.05) is 38.5 Å². The van der Waals surface area contributed by atoms with E-state index in [4.69, 9.17) is 15.9 Å². The molecule has 5 atom stereocenters. The standard InChI is InChI=1S/C25H35N5O7/c1-4-13(2)21(24(35)28-14(3)25(36)37)30-23(34)19(29-22(33)17(26)9-10-20(31)32)11-15-12-27-18-8-6-5-7-16(15)18/h5-8,12-14,17,19,21,27H,4,9-11,26H2,1-3H3,(H,28,35)(H,29,33)(H,30,34)(H,31,32)(H,36,37). The summed E-state index contributed by atoms with van der Waals surface area (Å²) in [6.07, 6.45) is 1.86. The minimum atomic E-state index is -1.22. The molecule has 2 rings (SSSR count). The maximum Gasteiger partial charge on any atom is 0.325 e. The normalized spacial score (nSPS) is 15.1. The van der Waals surface area contributed by atoms with Gasteiger partial charge in [0.25, 0.3) is 0 Å². The third kappa shape index (κ3) is 8.31. The molecule has 12 nitrogen and oxygen atoms in total. The molecule has 0 radical (unpaired) electrons.